The predicted molar refractivity (Wildman–Crippen MR) is 164 cm³/mol. The van der Waals surface area contributed by atoms with Crippen LogP contribution in [0.1, 0.15) is 44.9 Å². The third kappa shape index (κ3) is 5.77. The van der Waals surface area contributed by atoms with Gasteiger partial charge in [-0.05, 0) is 64.7 Å². The van der Waals surface area contributed by atoms with Crippen LogP contribution in [0, 0.1) is 0 Å². The standard InChI is InChI=1S/C34H36O6S/c1-35-24-11-7-21(8-12-24)20-41-34-29-18-28(39-5)19-30(40-6)33(29)31(23-15-26(37-3)17-27(16-23)38-4)32(34)22-9-13-25(36-2)14-10-22/h7-19,31-32,34H,20H2,1-6H3/t31-,32-,34?/m0/s1. The van der Waals surface area contributed by atoms with Gasteiger partial charge in [0.25, 0.3) is 0 Å². The van der Waals surface area contributed by atoms with Crippen molar-refractivity contribution in [3.8, 4) is 34.5 Å². The Hall–Kier alpha value is -3.97. The zero-order valence-corrected chi connectivity index (χ0v) is 25.1. The molecule has 0 saturated heterocycles. The van der Waals surface area contributed by atoms with E-state index < -0.39 is 0 Å². The summed E-state index contributed by atoms with van der Waals surface area (Å²) < 4.78 is 34.0. The Labute approximate surface area is 246 Å². The molecule has 0 radical (unpaired) electrons. The summed E-state index contributed by atoms with van der Waals surface area (Å²) in [6, 6.07) is 26.9. The molecule has 0 aromatic heterocycles. The van der Waals surface area contributed by atoms with E-state index in [1.165, 1.54) is 16.7 Å². The minimum Gasteiger partial charge on any atom is -0.497 e. The molecule has 1 aliphatic rings. The number of benzene rings is 4. The molecule has 4 aromatic carbocycles. The number of fused-ring (bicyclic) bond motifs is 1. The van der Waals surface area contributed by atoms with Crippen LogP contribution >= 0.6 is 11.8 Å². The molecule has 0 amide bonds. The molecule has 41 heavy (non-hydrogen) atoms. The molecule has 0 fully saturated rings. The SMILES string of the molecule is COc1ccc(CSC2c3cc(OC)cc(OC)c3[C@@H](c3cc(OC)cc(OC)c3)[C@@H]2c2ccc(OC)cc2)cc1. The summed E-state index contributed by atoms with van der Waals surface area (Å²) in [7, 11) is 10.2. The molecule has 0 N–H and O–H groups in total. The molecule has 1 aliphatic carbocycles. The van der Waals surface area contributed by atoms with Gasteiger partial charge in [-0.1, -0.05) is 24.3 Å². The maximum absolute atomic E-state index is 6.04. The van der Waals surface area contributed by atoms with Gasteiger partial charge in [-0.25, -0.2) is 0 Å². The first-order valence-corrected chi connectivity index (χ1v) is 14.5. The van der Waals surface area contributed by atoms with Crippen LogP contribution in [0.5, 0.6) is 34.5 Å². The van der Waals surface area contributed by atoms with E-state index in [0.717, 1.165) is 51.4 Å². The van der Waals surface area contributed by atoms with Crippen molar-refractivity contribution >= 4 is 11.8 Å². The van der Waals surface area contributed by atoms with Gasteiger partial charge in [-0.2, -0.15) is 0 Å². The smallest absolute Gasteiger partial charge is 0.126 e. The second-order valence-electron chi connectivity index (χ2n) is 9.83. The van der Waals surface area contributed by atoms with Gasteiger partial charge in [0.1, 0.15) is 34.5 Å². The Bertz CT molecular complexity index is 1450. The van der Waals surface area contributed by atoms with E-state index in [1.807, 2.05) is 48.2 Å². The molecule has 3 atom stereocenters. The molecule has 5 rings (SSSR count). The number of hydrogen-bond acceptors (Lipinski definition) is 7. The highest BCUT2D eigenvalue weighted by Crippen LogP contribution is 2.62. The molecule has 0 aliphatic heterocycles. The van der Waals surface area contributed by atoms with E-state index in [4.69, 9.17) is 28.4 Å². The molecule has 214 valence electrons. The topological polar surface area (TPSA) is 55.4 Å². The van der Waals surface area contributed by atoms with E-state index in [9.17, 15) is 0 Å². The van der Waals surface area contributed by atoms with Gasteiger partial charge in [0.15, 0.2) is 0 Å². The summed E-state index contributed by atoms with van der Waals surface area (Å²) in [5.41, 5.74) is 5.89. The van der Waals surface area contributed by atoms with Crippen LogP contribution in [0.15, 0.2) is 78.9 Å². The average molecular weight is 573 g/mol. The molecule has 0 bridgehead atoms. The quantitative estimate of drug-likeness (QED) is 0.183. The number of hydrogen-bond donors (Lipinski definition) is 0. The Morgan fingerprint density at radius 3 is 1.61 bits per heavy atom. The molecular weight excluding hydrogens is 536 g/mol. The molecule has 0 spiro atoms. The highest BCUT2D eigenvalue weighted by atomic mass is 32.2. The molecular formula is C34H36O6S. The predicted octanol–water partition coefficient (Wildman–Crippen LogP) is 7.64. The van der Waals surface area contributed by atoms with Crippen LogP contribution < -0.4 is 28.4 Å². The molecule has 6 nitrogen and oxygen atoms in total. The lowest BCUT2D eigenvalue weighted by molar-refractivity contribution is 0.388. The summed E-state index contributed by atoms with van der Waals surface area (Å²) in [4.78, 5) is 0. The molecule has 1 unspecified atom stereocenters. The van der Waals surface area contributed by atoms with Gasteiger partial charge < -0.3 is 28.4 Å². The number of ether oxygens (including phenoxy) is 6. The van der Waals surface area contributed by atoms with E-state index in [-0.39, 0.29) is 17.1 Å². The van der Waals surface area contributed by atoms with Crippen molar-refractivity contribution in [3.05, 3.63) is 107 Å². The van der Waals surface area contributed by atoms with Crippen molar-refractivity contribution in [1.82, 2.24) is 0 Å². The van der Waals surface area contributed by atoms with Crippen molar-refractivity contribution < 1.29 is 28.4 Å². The summed E-state index contributed by atoms with van der Waals surface area (Å²) in [5.74, 6) is 5.62. The summed E-state index contributed by atoms with van der Waals surface area (Å²) in [6.45, 7) is 0. The van der Waals surface area contributed by atoms with Crippen LogP contribution in [-0.2, 0) is 5.75 Å². The minimum atomic E-state index is -0.0309. The van der Waals surface area contributed by atoms with Crippen molar-refractivity contribution in [2.45, 2.75) is 22.8 Å². The molecule has 7 heteroatoms. The normalized spacial score (nSPS) is 17.5. The monoisotopic (exact) mass is 572 g/mol. The van der Waals surface area contributed by atoms with Crippen molar-refractivity contribution in [1.29, 1.82) is 0 Å². The lowest BCUT2D eigenvalue weighted by atomic mass is 9.81. The van der Waals surface area contributed by atoms with Crippen LogP contribution in [0.2, 0.25) is 0 Å². The first-order valence-electron chi connectivity index (χ1n) is 13.4. The Morgan fingerprint density at radius 2 is 1.07 bits per heavy atom. The van der Waals surface area contributed by atoms with Gasteiger partial charge in [-0.3, -0.25) is 0 Å². The van der Waals surface area contributed by atoms with Crippen LogP contribution in [0.4, 0.5) is 0 Å². The van der Waals surface area contributed by atoms with Crippen LogP contribution in [0.25, 0.3) is 0 Å². The first kappa shape index (κ1) is 28.6. The second-order valence-corrected chi connectivity index (χ2v) is 11.0. The maximum atomic E-state index is 6.04. The minimum absolute atomic E-state index is 0.0309. The third-order valence-corrected chi connectivity index (χ3v) is 9.13. The zero-order valence-electron chi connectivity index (χ0n) is 24.3. The highest BCUT2D eigenvalue weighted by Gasteiger charge is 2.45. The average Bonchev–Trinajstić information content (AvgIpc) is 3.37. The summed E-state index contributed by atoms with van der Waals surface area (Å²) >= 11 is 1.92. The molecule has 0 saturated carbocycles. The molecule has 4 aromatic rings. The van der Waals surface area contributed by atoms with Crippen molar-refractivity contribution in [2.24, 2.45) is 0 Å². The first-order chi connectivity index (χ1) is 20.0. The number of methoxy groups -OCH3 is 6. The fourth-order valence-corrected chi connectivity index (χ4v) is 7.16. The highest BCUT2D eigenvalue weighted by molar-refractivity contribution is 7.98. The lowest BCUT2D eigenvalue weighted by Gasteiger charge is -2.27. The fourth-order valence-electron chi connectivity index (χ4n) is 5.70. The summed E-state index contributed by atoms with van der Waals surface area (Å²) in [6.07, 6.45) is 0. The van der Waals surface area contributed by atoms with Crippen LogP contribution in [-0.4, -0.2) is 42.7 Å². The Balaban J connectivity index is 1.70. The number of thioether (sulfide) groups is 1. The zero-order chi connectivity index (χ0) is 28.9. The Kier molecular flexibility index (Phi) is 8.84. The van der Waals surface area contributed by atoms with E-state index in [2.05, 4.69) is 42.5 Å². The third-order valence-electron chi connectivity index (χ3n) is 7.73. The van der Waals surface area contributed by atoms with Gasteiger partial charge in [0.2, 0.25) is 0 Å². The Morgan fingerprint density at radius 1 is 0.537 bits per heavy atom. The van der Waals surface area contributed by atoms with Crippen molar-refractivity contribution in [3.63, 3.8) is 0 Å². The van der Waals surface area contributed by atoms with Crippen LogP contribution in [0.3, 0.4) is 0 Å². The summed E-state index contributed by atoms with van der Waals surface area (Å²) in [5, 5.41) is 0.103. The van der Waals surface area contributed by atoms with Gasteiger partial charge in [-0.15, -0.1) is 11.8 Å². The van der Waals surface area contributed by atoms with Crippen molar-refractivity contribution in [2.75, 3.05) is 42.7 Å². The maximum Gasteiger partial charge on any atom is 0.126 e. The van der Waals surface area contributed by atoms with Gasteiger partial charge >= 0.3 is 0 Å². The second kappa shape index (κ2) is 12.7. The van der Waals surface area contributed by atoms with Gasteiger partial charge in [0, 0.05) is 40.5 Å². The van der Waals surface area contributed by atoms with E-state index in [0.29, 0.717) is 0 Å². The fraction of sp³-hybridized carbons (Fsp3) is 0.294. The lowest BCUT2D eigenvalue weighted by Crippen LogP contribution is -2.12. The number of rotatable bonds is 11. The van der Waals surface area contributed by atoms with E-state index in [1.54, 1.807) is 42.7 Å². The largest absolute Gasteiger partial charge is 0.497 e. The molecule has 0 heterocycles. The van der Waals surface area contributed by atoms with E-state index >= 15 is 0 Å². The van der Waals surface area contributed by atoms with Gasteiger partial charge in [0.05, 0.1) is 42.7 Å².